The molecule has 0 saturated carbocycles. The summed E-state index contributed by atoms with van der Waals surface area (Å²) < 4.78 is 6.03. The monoisotopic (exact) mass is 349 g/mol. The molecule has 0 amide bonds. The van der Waals surface area contributed by atoms with E-state index in [1.807, 2.05) is 24.3 Å². The number of nitrogens with zero attached hydrogens (tertiary/aromatic N) is 1. The fourth-order valence-electron chi connectivity index (χ4n) is 1.79. The molecule has 0 atom stereocenters. The minimum atomic E-state index is -0.488. The van der Waals surface area contributed by atoms with Crippen molar-refractivity contribution in [1.82, 2.24) is 0 Å². The van der Waals surface area contributed by atoms with Crippen LogP contribution in [0.4, 0.5) is 5.69 Å². The minimum absolute atomic E-state index is 0.0473. The highest BCUT2D eigenvalue weighted by Crippen LogP contribution is 2.18. The van der Waals surface area contributed by atoms with Crippen molar-refractivity contribution in [3.63, 3.8) is 0 Å². The normalized spacial score (nSPS) is 10.1. The number of halogens is 1. The van der Waals surface area contributed by atoms with E-state index in [0.29, 0.717) is 5.56 Å². The molecule has 0 fully saturated rings. The molecular weight excluding hydrogens is 338 g/mol. The van der Waals surface area contributed by atoms with E-state index >= 15 is 0 Å². The first kappa shape index (κ1) is 15.2. The lowest BCUT2D eigenvalue weighted by atomic mass is 10.1. The molecule has 5 nitrogen and oxygen atoms in total. The van der Waals surface area contributed by atoms with E-state index in [1.54, 1.807) is 18.2 Å². The third kappa shape index (κ3) is 4.39. The fourth-order valence-corrected chi connectivity index (χ4v) is 2.05. The first-order valence-electron chi connectivity index (χ1n) is 6.18. The standard InChI is InChI=1S/C15H12BrNO4/c16-13-7-5-11(6-8-13)9-15(18)21-10-12-3-1-2-4-14(12)17(19)20/h1-8H,9-10H2. The maximum Gasteiger partial charge on any atom is 0.310 e. The molecule has 0 aromatic heterocycles. The minimum Gasteiger partial charge on any atom is -0.460 e. The second kappa shape index (κ2) is 6.99. The first-order chi connectivity index (χ1) is 10.1. The molecule has 0 saturated heterocycles. The van der Waals surface area contributed by atoms with Crippen LogP contribution >= 0.6 is 15.9 Å². The molecule has 21 heavy (non-hydrogen) atoms. The third-order valence-corrected chi connectivity index (χ3v) is 3.37. The summed E-state index contributed by atoms with van der Waals surface area (Å²) in [5.74, 6) is -0.421. The lowest BCUT2D eigenvalue weighted by Gasteiger charge is -2.06. The Morgan fingerprint density at radius 3 is 2.48 bits per heavy atom. The number of esters is 1. The molecule has 2 rings (SSSR count). The van der Waals surface area contributed by atoms with Gasteiger partial charge in [0.05, 0.1) is 16.9 Å². The Hall–Kier alpha value is -2.21. The lowest BCUT2D eigenvalue weighted by Crippen LogP contribution is -2.08. The summed E-state index contributed by atoms with van der Waals surface area (Å²) in [6, 6.07) is 13.5. The Bertz CT molecular complexity index is 655. The van der Waals surface area contributed by atoms with E-state index in [1.165, 1.54) is 6.07 Å². The molecule has 0 spiro atoms. The number of rotatable bonds is 5. The summed E-state index contributed by atoms with van der Waals surface area (Å²) in [7, 11) is 0. The maximum absolute atomic E-state index is 11.7. The van der Waals surface area contributed by atoms with Gasteiger partial charge in [0, 0.05) is 10.5 Å². The highest BCUT2D eigenvalue weighted by atomic mass is 79.9. The number of carbonyl (C=O) groups excluding carboxylic acids is 1. The summed E-state index contributed by atoms with van der Waals surface area (Å²) >= 11 is 3.31. The number of benzene rings is 2. The third-order valence-electron chi connectivity index (χ3n) is 2.84. The smallest absolute Gasteiger partial charge is 0.310 e. The van der Waals surface area contributed by atoms with Crippen LogP contribution in [-0.2, 0) is 22.6 Å². The molecule has 2 aromatic rings. The predicted octanol–water partition coefficient (Wildman–Crippen LogP) is 3.64. The van der Waals surface area contributed by atoms with Gasteiger partial charge in [-0.2, -0.15) is 0 Å². The summed E-state index contributed by atoms with van der Waals surface area (Å²) in [4.78, 5) is 22.1. The zero-order valence-electron chi connectivity index (χ0n) is 11.0. The Morgan fingerprint density at radius 2 is 1.81 bits per heavy atom. The van der Waals surface area contributed by atoms with E-state index in [-0.39, 0.29) is 18.7 Å². The van der Waals surface area contributed by atoms with Crippen molar-refractivity contribution in [3.8, 4) is 0 Å². The van der Waals surface area contributed by atoms with Crippen molar-refractivity contribution in [2.24, 2.45) is 0 Å². The van der Waals surface area contributed by atoms with Gasteiger partial charge in [-0.05, 0) is 23.8 Å². The van der Waals surface area contributed by atoms with Crippen LogP contribution in [0.5, 0.6) is 0 Å². The van der Waals surface area contributed by atoms with Gasteiger partial charge in [0.25, 0.3) is 5.69 Å². The van der Waals surface area contributed by atoms with Crippen LogP contribution in [0.3, 0.4) is 0 Å². The number of nitro benzene ring substituents is 1. The van der Waals surface area contributed by atoms with Crippen molar-refractivity contribution < 1.29 is 14.5 Å². The average molecular weight is 350 g/mol. The molecule has 0 radical (unpaired) electrons. The van der Waals surface area contributed by atoms with Crippen LogP contribution in [0.1, 0.15) is 11.1 Å². The Kier molecular flexibility index (Phi) is 5.05. The van der Waals surface area contributed by atoms with Crippen LogP contribution < -0.4 is 0 Å². The molecule has 0 heterocycles. The Morgan fingerprint density at radius 1 is 1.14 bits per heavy atom. The number of ether oxygens (including phenoxy) is 1. The van der Waals surface area contributed by atoms with E-state index in [9.17, 15) is 14.9 Å². The van der Waals surface area contributed by atoms with Crippen LogP contribution in [-0.4, -0.2) is 10.9 Å². The molecule has 108 valence electrons. The molecule has 0 bridgehead atoms. The number of hydrogen-bond acceptors (Lipinski definition) is 4. The number of nitro groups is 1. The highest BCUT2D eigenvalue weighted by Gasteiger charge is 2.14. The predicted molar refractivity (Wildman–Crippen MR) is 80.7 cm³/mol. The molecule has 0 aliphatic rings. The second-order valence-corrected chi connectivity index (χ2v) is 5.27. The van der Waals surface area contributed by atoms with Crippen molar-refractivity contribution in [2.45, 2.75) is 13.0 Å². The Labute approximate surface area is 129 Å². The SMILES string of the molecule is O=C(Cc1ccc(Br)cc1)OCc1ccccc1[N+](=O)[O-]. The van der Waals surface area contributed by atoms with Gasteiger partial charge >= 0.3 is 5.97 Å². The van der Waals surface area contributed by atoms with Gasteiger partial charge in [0.2, 0.25) is 0 Å². The lowest BCUT2D eigenvalue weighted by molar-refractivity contribution is -0.385. The van der Waals surface area contributed by atoms with Crippen LogP contribution in [0, 0.1) is 10.1 Å². The summed E-state index contributed by atoms with van der Waals surface area (Å²) in [5, 5.41) is 10.8. The molecule has 0 aliphatic carbocycles. The van der Waals surface area contributed by atoms with Crippen molar-refractivity contribution in [1.29, 1.82) is 0 Å². The topological polar surface area (TPSA) is 69.4 Å². The van der Waals surface area contributed by atoms with Gasteiger partial charge in [0.15, 0.2) is 0 Å². The van der Waals surface area contributed by atoms with E-state index in [0.717, 1.165) is 10.0 Å². The average Bonchev–Trinajstić information content (AvgIpc) is 2.48. The van der Waals surface area contributed by atoms with E-state index in [4.69, 9.17) is 4.74 Å². The largest absolute Gasteiger partial charge is 0.460 e. The van der Waals surface area contributed by atoms with E-state index in [2.05, 4.69) is 15.9 Å². The molecule has 0 aliphatic heterocycles. The Balaban J connectivity index is 1.95. The van der Waals surface area contributed by atoms with Gasteiger partial charge in [-0.3, -0.25) is 14.9 Å². The van der Waals surface area contributed by atoms with Gasteiger partial charge < -0.3 is 4.74 Å². The fraction of sp³-hybridized carbons (Fsp3) is 0.133. The number of hydrogen-bond donors (Lipinski definition) is 0. The van der Waals surface area contributed by atoms with E-state index < -0.39 is 10.9 Å². The van der Waals surface area contributed by atoms with Crippen molar-refractivity contribution >= 4 is 27.6 Å². The van der Waals surface area contributed by atoms with Gasteiger partial charge in [-0.25, -0.2) is 0 Å². The second-order valence-electron chi connectivity index (χ2n) is 4.35. The molecule has 2 aromatic carbocycles. The van der Waals surface area contributed by atoms with Gasteiger partial charge in [0.1, 0.15) is 6.61 Å². The van der Waals surface area contributed by atoms with Crippen LogP contribution in [0.25, 0.3) is 0 Å². The first-order valence-corrected chi connectivity index (χ1v) is 6.98. The zero-order valence-corrected chi connectivity index (χ0v) is 12.6. The molecule has 6 heteroatoms. The number of para-hydroxylation sites is 1. The van der Waals surface area contributed by atoms with Crippen LogP contribution in [0.2, 0.25) is 0 Å². The van der Waals surface area contributed by atoms with Crippen molar-refractivity contribution in [2.75, 3.05) is 0 Å². The molecule has 0 unspecified atom stereocenters. The quantitative estimate of drug-likeness (QED) is 0.469. The molecular formula is C15H12BrNO4. The molecule has 0 N–H and O–H groups in total. The van der Waals surface area contributed by atoms with Gasteiger partial charge in [-0.15, -0.1) is 0 Å². The zero-order chi connectivity index (χ0) is 15.2. The number of carbonyl (C=O) groups is 1. The summed E-state index contributed by atoms with van der Waals surface area (Å²) in [6.07, 6.45) is 0.133. The van der Waals surface area contributed by atoms with Crippen LogP contribution in [0.15, 0.2) is 53.0 Å². The van der Waals surface area contributed by atoms with Crippen molar-refractivity contribution in [3.05, 3.63) is 74.2 Å². The van der Waals surface area contributed by atoms with Gasteiger partial charge in [-0.1, -0.05) is 40.2 Å². The summed E-state index contributed by atoms with van der Waals surface area (Å²) in [5.41, 5.74) is 1.16. The highest BCUT2D eigenvalue weighted by molar-refractivity contribution is 9.10. The summed E-state index contributed by atoms with van der Waals surface area (Å²) in [6.45, 7) is -0.105. The maximum atomic E-state index is 11.7.